The van der Waals surface area contributed by atoms with Crippen molar-refractivity contribution in [1.29, 1.82) is 0 Å². The molecule has 0 unspecified atom stereocenters. The molecule has 0 atom stereocenters. The first-order valence-electron chi connectivity index (χ1n) is 3.59. The van der Waals surface area contributed by atoms with Crippen LogP contribution in [0.2, 0.25) is 0 Å². The summed E-state index contributed by atoms with van der Waals surface area (Å²) in [5, 5.41) is 4.89. The molecular weight excluding hydrogens is 308 g/mol. The van der Waals surface area contributed by atoms with Crippen LogP contribution in [-0.2, 0) is 15.8 Å². The Balaban J connectivity index is 2.84. The number of primary sulfonamides is 1. The zero-order chi connectivity index (χ0) is 10.8. The molecule has 1 aromatic carbocycles. The van der Waals surface area contributed by atoms with Gasteiger partial charge in [0.1, 0.15) is 0 Å². The van der Waals surface area contributed by atoms with Gasteiger partial charge in [-0.05, 0) is 0 Å². The maximum absolute atomic E-state index is 10.8. The molecule has 78 valence electrons. The first-order chi connectivity index (χ1) is 6.38. The number of rotatable bonds is 3. The Labute approximate surface area is 95.8 Å². The molecule has 0 radical (unpaired) electrons. The monoisotopic (exact) mass is 315 g/mol. The van der Waals surface area contributed by atoms with Crippen LogP contribution in [0.15, 0.2) is 24.3 Å². The molecule has 1 rings (SSSR count). The summed E-state index contributed by atoms with van der Waals surface area (Å²) in [5.41, 5.74) is 0.639. The van der Waals surface area contributed by atoms with Crippen LogP contribution in [0.5, 0.6) is 0 Å². The summed E-state index contributed by atoms with van der Waals surface area (Å²) in [6.45, 7) is 0. The summed E-state index contributed by atoms with van der Waals surface area (Å²) >= 11 is -1.90. The van der Waals surface area contributed by atoms with Crippen molar-refractivity contribution in [2.24, 2.45) is 5.14 Å². The van der Waals surface area contributed by atoms with Crippen molar-refractivity contribution in [3.63, 3.8) is 0 Å². The third kappa shape index (κ3) is 4.20. The molecule has 0 amide bonds. The fourth-order valence-electron chi connectivity index (χ4n) is 0.937. The van der Waals surface area contributed by atoms with Crippen molar-refractivity contribution >= 4 is 47.0 Å². The molecule has 0 saturated heterocycles. The zero-order valence-corrected chi connectivity index (χ0v) is 11.2. The van der Waals surface area contributed by atoms with Gasteiger partial charge in [0.05, 0.1) is 0 Å². The molecule has 7 heteroatoms. The maximum atomic E-state index is 10.8. The Kier molecular flexibility index (Phi) is 4.28. The Hall–Kier alpha value is 0.268. The van der Waals surface area contributed by atoms with E-state index in [1.807, 2.05) is 0 Å². The summed E-state index contributed by atoms with van der Waals surface area (Å²) in [5.74, 6) is -0.162. The minimum atomic E-state index is -3.46. The number of nitrogens with two attached hydrogens (primary N) is 1. The molecule has 0 spiro atoms. The van der Waals surface area contributed by atoms with Gasteiger partial charge in [-0.3, -0.25) is 0 Å². The number of hydrogen-bond acceptors (Lipinski definition) is 2. The minimum absolute atomic E-state index is 0.162. The van der Waals surface area contributed by atoms with Crippen LogP contribution in [-0.4, -0.2) is 21.2 Å². The van der Waals surface area contributed by atoms with Crippen LogP contribution in [0.4, 0.5) is 0 Å². The molecule has 14 heavy (non-hydrogen) atoms. The van der Waals surface area contributed by atoms with Crippen molar-refractivity contribution in [3.8, 4) is 0 Å². The molecule has 0 heterocycles. The first-order valence-corrected chi connectivity index (χ1v) is 11.2. The molecule has 3 nitrogen and oxygen atoms in total. The van der Waals surface area contributed by atoms with Gasteiger partial charge in [-0.1, -0.05) is 0 Å². The Morgan fingerprint density at radius 2 is 1.71 bits per heavy atom. The van der Waals surface area contributed by atoms with E-state index in [0.29, 0.717) is 5.56 Å². The van der Waals surface area contributed by atoms with Crippen LogP contribution in [0, 0.1) is 0 Å². The average Bonchev–Trinajstić information content (AvgIpc) is 2.02. The van der Waals surface area contributed by atoms with Gasteiger partial charge in [0.15, 0.2) is 0 Å². The van der Waals surface area contributed by atoms with Crippen molar-refractivity contribution in [2.45, 2.75) is 5.75 Å². The Bertz CT molecular complexity index is 404. The zero-order valence-electron chi connectivity index (χ0n) is 7.02. The molecule has 0 fully saturated rings. The number of benzene rings is 1. The quantitative estimate of drug-likeness (QED) is 0.833. The number of halogens is 2. The Morgan fingerprint density at radius 3 is 2.07 bits per heavy atom. The van der Waals surface area contributed by atoms with Gasteiger partial charge >= 0.3 is 96.2 Å². The fourth-order valence-corrected chi connectivity index (χ4v) is 3.55. The summed E-state index contributed by atoms with van der Waals surface area (Å²) in [6, 6.07) is 6.82. The first kappa shape index (κ1) is 12.3. The normalized spacial score (nSPS) is 12.0. The molecular formula is C7H8AsCl2NO2S. The van der Waals surface area contributed by atoms with Gasteiger partial charge in [-0.15, -0.1) is 0 Å². The van der Waals surface area contributed by atoms with E-state index in [1.54, 1.807) is 24.3 Å². The summed E-state index contributed by atoms with van der Waals surface area (Å²) in [4.78, 5) is 0. The van der Waals surface area contributed by atoms with E-state index in [1.165, 1.54) is 0 Å². The molecule has 0 aliphatic carbocycles. The standard InChI is InChI=1S/C7H8AsCl2NO2S/c9-8(10)7-3-1-6(2-4-7)5-14(11,12)13/h1-4H,5H2,(H2,11,12,13). The van der Waals surface area contributed by atoms with E-state index < -0.39 is 22.8 Å². The van der Waals surface area contributed by atoms with E-state index in [2.05, 4.69) is 0 Å². The summed E-state index contributed by atoms with van der Waals surface area (Å²) in [7, 11) is 8.05. The molecule has 0 aliphatic heterocycles. The van der Waals surface area contributed by atoms with E-state index >= 15 is 0 Å². The Morgan fingerprint density at radius 1 is 1.21 bits per heavy atom. The van der Waals surface area contributed by atoms with E-state index in [0.717, 1.165) is 4.35 Å². The summed E-state index contributed by atoms with van der Waals surface area (Å²) < 4.78 is 22.4. The second-order valence-corrected chi connectivity index (χ2v) is 10.8. The van der Waals surface area contributed by atoms with Gasteiger partial charge in [-0.25, -0.2) is 0 Å². The molecule has 0 bridgehead atoms. The van der Waals surface area contributed by atoms with Gasteiger partial charge < -0.3 is 0 Å². The second kappa shape index (κ2) is 4.86. The number of hydrogen-bond donors (Lipinski definition) is 1. The topological polar surface area (TPSA) is 60.2 Å². The molecule has 1 aromatic rings. The summed E-state index contributed by atoms with van der Waals surface area (Å²) in [6.07, 6.45) is 0. The molecule has 0 aromatic heterocycles. The van der Waals surface area contributed by atoms with Gasteiger partial charge in [-0.2, -0.15) is 0 Å². The molecule has 2 N–H and O–H groups in total. The fraction of sp³-hybridized carbons (Fsp3) is 0.143. The van der Waals surface area contributed by atoms with Gasteiger partial charge in [0.25, 0.3) is 0 Å². The van der Waals surface area contributed by atoms with Crippen molar-refractivity contribution in [2.75, 3.05) is 0 Å². The van der Waals surface area contributed by atoms with Gasteiger partial charge in [0.2, 0.25) is 0 Å². The van der Waals surface area contributed by atoms with Gasteiger partial charge in [0, 0.05) is 0 Å². The van der Waals surface area contributed by atoms with E-state index in [4.69, 9.17) is 25.0 Å². The van der Waals surface area contributed by atoms with Crippen molar-refractivity contribution < 1.29 is 8.42 Å². The van der Waals surface area contributed by atoms with Crippen LogP contribution in [0.1, 0.15) is 5.56 Å². The van der Waals surface area contributed by atoms with Crippen LogP contribution < -0.4 is 9.49 Å². The van der Waals surface area contributed by atoms with Crippen LogP contribution in [0.3, 0.4) is 0 Å². The third-order valence-electron chi connectivity index (χ3n) is 1.50. The van der Waals surface area contributed by atoms with Crippen LogP contribution >= 0.6 is 19.9 Å². The second-order valence-electron chi connectivity index (χ2n) is 2.71. The van der Waals surface area contributed by atoms with E-state index in [-0.39, 0.29) is 5.75 Å². The van der Waals surface area contributed by atoms with E-state index in [9.17, 15) is 8.42 Å². The number of sulfonamides is 1. The SMILES string of the molecule is NS(=O)(=O)Cc1ccc([As](Cl)Cl)cc1. The predicted octanol–water partition coefficient (Wildman–Crippen LogP) is 0.648. The van der Waals surface area contributed by atoms with Crippen molar-refractivity contribution in [3.05, 3.63) is 29.8 Å². The van der Waals surface area contributed by atoms with Crippen LogP contribution in [0.25, 0.3) is 0 Å². The third-order valence-corrected chi connectivity index (χ3v) is 5.71. The molecule has 0 saturated carbocycles. The van der Waals surface area contributed by atoms with Crippen molar-refractivity contribution in [1.82, 2.24) is 0 Å². The predicted molar refractivity (Wildman–Crippen MR) is 60.3 cm³/mol. The molecule has 0 aliphatic rings. The average molecular weight is 316 g/mol.